The van der Waals surface area contributed by atoms with E-state index in [1.54, 1.807) is 0 Å². The molecular weight excluding hydrogens is 948 g/mol. The van der Waals surface area contributed by atoms with Gasteiger partial charge in [-0.05, 0) is 70.6 Å². The number of phosphoric acid groups is 1. The van der Waals surface area contributed by atoms with E-state index in [-0.39, 0.29) is 12.8 Å². The molecule has 1 rings (SSSR count). The van der Waals surface area contributed by atoms with Crippen molar-refractivity contribution in [2.75, 3.05) is 13.2 Å². The third-order valence-corrected chi connectivity index (χ3v) is 14.9. The van der Waals surface area contributed by atoms with Gasteiger partial charge in [0, 0.05) is 12.8 Å². The first-order chi connectivity index (χ1) is 35.4. The Bertz CT molecular complexity index is 1410. The molecule has 0 spiro atoms. The molecular formula is C59H109O13P. The number of hydrogen-bond donors (Lipinski definition) is 6. The molecule has 13 nitrogen and oxygen atoms in total. The monoisotopic (exact) mass is 1060 g/mol. The van der Waals surface area contributed by atoms with E-state index in [0.29, 0.717) is 19.3 Å². The fraction of sp³-hybridized carbons (Fsp3) is 0.864. The summed E-state index contributed by atoms with van der Waals surface area (Å²) in [7, 11) is -5.14. The second kappa shape index (κ2) is 48.4. The zero-order valence-corrected chi connectivity index (χ0v) is 47.1. The minimum Gasteiger partial charge on any atom is -0.462 e. The Hall–Kier alpha value is -1.93. The highest BCUT2D eigenvalue weighted by molar-refractivity contribution is 7.47. The van der Waals surface area contributed by atoms with Crippen LogP contribution in [0.4, 0.5) is 0 Å². The molecule has 6 unspecified atom stereocenters. The lowest BCUT2D eigenvalue weighted by Crippen LogP contribution is -2.64. The van der Waals surface area contributed by atoms with Crippen molar-refractivity contribution in [3.05, 3.63) is 36.5 Å². The molecule has 0 aromatic carbocycles. The molecule has 428 valence electrons. The summed E-state index contributed by atoms with van der Waals surface area (Å²) < 4.78 is 33.7. The normalized spacial score (nSPS) is 20.6. The number of allylic oxidation sites excluding steroid dienone is 6. The molecule has 1 saturated carbocycles. The first-order valence-electron chi connectivity index (χ1n) is 29.8. The van der Waals surface area contributed by atoms with Crippen molar-refractivity contribution in [2.45, 2.75) is 313 Å². The Morgan fingerprint density at radius 2 is 0.726 bits per heavy atom. The fourth-order valence-corrected chi connectivity index (χ4v) is 10.2. The van der Waals surface area contributed by atoms with Crippen molar-refractivity contribution < 1.29 is 63.1 Å². The third kappa shape index (κ3) is 40.0. The summed E-state index contributed by atoms with van der Waals surface area (Å²) in [5, 5.41) is 50.4. The number of esters is 2. The first-order valence-corrected chi connectivity index (χ1v) is 31.3. The number of rotatable bonds is 51. The largest absolute Gasteiger partial charge is 0.472 e. The quantitative estimate of drug-likeness (QED) is 0.0145. The highest BCUT2D eigenvalue weighted by atomic mass is 31.2. The van der Waals surface area contributed by atoms with Gasteiger partial charge in [0.15, 0.2) is 6.10 Å². The molecule has 0 aromatic heterocycles. The lowest BCUT2D eigenvalue weighted by Gasteiger charge is -2.41. The van der Waals surface area contributed by atoms with Crippen LogP contribution in [0, 0.1) is 0 Å². The molecule has 1 fully saturated rings. The van der Waals surface area contributed by atoms with Crippen LogP contribution < -0.4 is 0 Å². The van der Waals surface area contributed by atoms with Gasteiger partial charge < -0.3 is 39.9 Å². The smallest absolute Gasteiger partial charge is 0.462 e. The molecule has 14 heteroatoms. The van der Waals surface area contributed by atoms with E-state index in [0.717, 1.165) is 38.5 Å². The Morgan fingerprint density at radius 3 is 1.12 bits per heavy atom. The lowest BCUT2D eigenvalue weighted by atomic mass is 9.85. The van der Waals surface area contributed by atoms with E-state index in [1.165, 1.54) is 186 Å². The summed E-state index contributed by atoms with van der Waals surface area (Å²) in [5.74, 6) is -1.14. The van der Waals surface area contributed by atoms with E-state index in [4.69, 9.17) is 18.5 Å². The Balaban J connectivity index is 2.34. The van der Waals surface area contributed by atoms with Crippen LogP contribution in [0.5, 0.6) is 0 Å². The molecule has 1 aliphatic carbocycles. The zero-order chi connectivity index (χ0) is 53.5. The zero-order valence-electron chi connectivity index (χ0n) is 46.2. The van der Waals surface area contributed by atoms with Crippen LogP contribution in [0.15, 0.2) is 36.5 Å². The van der Waals surface area contributed by atoms with Crippen LogP contribution in [0.25, 0.3) is 0 Å². The molecule has 0 saturated heterocycles. The van der Waals surface area contributed by atoms with Crippen LogP contribution in [0.3, 0.4) is 0 Å². The van der Waals surface area contributed by atoms with Gasteiger partial charge in [0.1, 0.15) is 43.2 Å². The Labute approximate surface area is 444 Å². The van der Waals surface area contributed by atoms with Gasteiger partial charge in [-0.15, -0.1) is 0 Å². The SMILES string of the molecule is CCCCCCCC/C=C/CCCCCCCCCCCCCC(=O)OC[C@H](COP(=O)(O)OC1C(O)C(O)C(O)[C@@H](O)C1O)OC(=O)CCC/C=C/CC/C=C/CCCCCCCCCCCCCCCC. The number of unbranched alkanes of at least 4 members (excludes halogenated alkanes) is 33. The van der Waals surface area contributed by atoms with Crippen molar-refractivity contribution in [2.24, 2.45) is 0 Å². The Kier molecular flexibility index (Phi) is 45.8. The van der Waals surface area contributed by atoms with Gasteiger partial charge in [0.25, 0.3) is 0 Å². The van der Waals surface area contributed by atoms with Crippen molar-refractivity contribution in [3.8, 4) is 0 Å². The van der Waals surface area contributed by atoms with Gasteiger partial charge in [-0.3, -0.25) is 18.6 Å². The minimum atomic E-state index is -5.14. The standard InChI is InChI=1S/C59H109O13P/c1-3-5-7-9-11-13-15-17-19-21-23-25-26-28-30-32-34-36-38-40-42-44-46-48-53(61)71-51(50-70-73(67,68)72-59-57(65)55(63)54(62)56(64)58(59)66)49-69-52(60)47-45-43-41-39-37-35-33-31-29-27-24-22-20-18-16-14-12-10-8-6-4-2/h18,20,32,34,40,42,51,54-59,62-66H,3-17,19,21-31,33,35-39,41,43-50H2,1-2H3,(H,67,68)/b20-18+,34-32+,42-40+/t51-,54?,55-,56?,57?,58?,59?/m1/s1. The molecule has 1 aliphatic rings. The van der Waals surface area contributed by atoms with Crippen LogP contribution >= 0.6 is 7.82 Å². The molecule has 0 bridgehead atoms. The van der Waals surface area contributed by atoms with Gasteiger partial charge in [0.2, 0.25) is 0 Å². The second-order valence-electron chi connectivity index (χ2n) is 20.8. The van der Waals surface area contributed by atoms with Crippen molar-refractivity contribution in [3.63, 3.8) is 0 Å². The predicted molar refractivity (Wildman–Crippen MR) is 295 cm³/mol. The van der Waals surface area contributed by atoms with Crippen LogP contribution in [-0.2, 0) is 32.7 Å². The van der Waals surface area contributed by atoms with Crippen molar-refractivity contribution in [1.29, 1.82) is 0 Å². The topological polar surface area (TPSA) is 210 Å². The maximum atomic E-state index is 12.9. The predicted octanol–water partition coefficient (Wildman–Crippen LogP) is 14.1. The van der Waals surface area contributed by atoms with E-state index in [9.17, 15) is 44.6 Å². The van der Waals surface area contributed by atoms with Gasteiger partial charge >= 0.3 is 19.8 Å². The molecule has 6 N–H and O–H groups in total. The lowest BCUT2D eigenvalue weighted by molar-refractivity contribution is -0.220. The molecule has 0 aromatic rings. The molecule has 73 heavy (non-hydrogen) atoms. The summed E-state index contributed by atoms with van der Waals surface area (Å²) in [6.07, 6.45) is 46.3. The van der Waals surface area contributed by atoms with Crippen molar-refractivity contribution in [1.82, 2.24) is 0 Å². The van der Waals surface area contributed by atoms with Gasteiger partial charge in [-0.25, -0.2) is 4.57 Å². The van der Waals surface area contributed by atoms with Gasteiger partial charge in [0.05, 0.1) is 6.61 Å². The van der Waals surface area contributed by atoms with E-state index >= 15 is 0 Å². The number of aliphatic hydroxyl groups excluding tert-OH is 5. The van der Waals surface area contributed by atoms with E-state index in [2.05, 4.69) is 44.2 Å². The summed E-state index contributed by atoms with van der Waals surface area (Å²) in [4.78, 5) is 36.0. The maximum absolute atomic E-state index is 12.9. The third-order valence-electron chi connectivity index (χ3n) is 13.9. The van der Waals surface area contributed by atoms with Crippen molar-refractivity contribution >= 4 is 19.8 Å². The average Bonchev–Trinajstić information content (AvgIpc) is 3.37. The summed E-state index contributed by atoms with van der Waals surface area (Å²) >= 11 is 0. The molecule has 0 heterocycles. The van der Waals surface area contributed by atoms with E-state index in [1.807, 2.05) is 6.08 Å². The summed E-state index contributed by atoms with van der Waals surface area (Å²) in [5.41, 5.74) is 0. The number of carbonyl (C=O) groups is 2. The molecule has 0 aliphatic heterocycles. The highest BCUT2D eigenvalue weighted by Crippen LogP contribution is 2.47. The average molecular weight is 1060 g/mol. The Morgan fingerprint density at radius 1 is 0.411 bits per heavy atom. The maximum Gasteiger partial charge on any atom is 0.472 e. The molecule has 0 radical (unpaired) electrons. The highest BCUT2D eigenvalue weighted by Gasteiger charge is 2.51. The summed E-state index contributed by atoms with van der Waals surface area (Å²) in [6, 6.07) is 0. The van der Waals surface area contributed by atoms with Crippen LogP contribution in [0.2, 0.25) is 0 Å². The number of carbonyl (C=O) groups excluding carboxylic acids is 2. The van der Waals surface area contributed by atoms with Gasteiger partial charge in [-0.2, -0.15) is 0 Å². The van der Waals surface area contributed by atoms with Gasteiger partial charge in [-0.1, -0.05) is 224 Å². The minimum absolute atomic E-state index is 0.0387. The number of aliphatic hydroxyl groups is 5. The molecule has 0 amide bonds. The van der Waals surface area contributed by atoms with Crippen LogP contribution in [-0.4, -0.2) is 98.3 Å². The first kappa shape index (κ1) is 69.1. The molecule has 8 atom stereocenters. The number of ether oxygens (including phenoxy) is 2. The van der Waals surface area contributed by atoms with E-state index < -0.39 is 75.7 Å². The fourth-order valence-electron chi connectivity index (χ4n) is 9.19. The van der Waals surface area contributed by atoms with Crippen LogP contribution in [0.1, 0.15) is 271 Å². The number of hydrogen-bond acceptors (Lipinski definition) is 12. The second-order valence-corrected chi connectivity index (χ2v) is 22.2. The summed E-state index contributed by atoms with van der Waals surface area (Å²) in [6.45, 7) is 3.33. The number of phosphoric ester groups is 1.